The van der Waals surface area contributed by atoms with Gasteiger partial charge in [-0.25, -0.2) is 9.78 Å². The van der Waals surface area contributed by atoms with Crippen molar-refractivity contribution >= 4 is 40.9 Å². The van der Waals surface area contributed by atoms with Crippen molar-refractivity contribution in [3.05, 3.63) is 57.8 Å². The molecule has 0 atom stereocenters. The molecule has 19 heavy (non-hydrogen) atoms. The van der Waals surface area contributed by atoms with E-state index < -0.39 is 5.97 Å². The third kappa shape index (κ3) is 3.86. The minimum atomic E-state index is -0.943. The first-order valence-corrected chi connectivity index (χ1v) is 7.07. The lowest BCUT2D eigenvalue weighted by atomic mass is 10.2. The summed E-state index contributed by atoms with van der Waals surface area (Å²) in [7, 11) is 0. The highest BCUT2D eigenvalue weighted by atomic mass is 35.5. The summed E-state index contributed by atoms with van der Waals surface area (Å²) in [4.78, 5) is 15.9. The number of pyridine rings is 1. The van der Waals surface area contributed by atoms with Crippen molar-refractivity contribution < 1.29 is 9.90 Å². The molecule has 0 aliphatic carbocycles. The van der Waals surface area contributed by atoms with Crippen LogP contribution in [0, 0.1) is 0 Å². The molecule has 0 amide bonds. The molecule has 2 aromatic rings. The highest BCUT2D eigenvalue weighted by Gasteiger charge is 2.07. The molecule has 0 saturated heterocycles. The normalized spacial score (nSPS) is 10.4. The molecule has 0 fully saturated rings. The van der Waals surface area contributed by atoms with Crippen LogP contribution in [0.25, 0.3) is 0 Å². The summed E-state index contributed by atoms with van der Waals surface area (Å²) in [5.74, 6) is -0.413. The van der Waals surface area contributed by atoms with E-state index in [0.717, 1.165) is 4.90 Å². The second-order valence-corrected chi connectivity index (χ2v) is 5.53. The smallest absolute Gasteiger partial charge is 0.335 e. The summed E-state index contributed by atoms with van der Waals surface area (Å²) in [6, 6.07) is 10.0. The maximum absolute atomic E-state index is 10.9. The predicted octanol–water partition coefficient (Wildman–Crippen LogP) is 4.38. The Kier molecular flexibility index (Phi) is 4.69. The molecule has 0 aliphatic rings. The van der Waals surface area contributed by atoms with Crippen molar-refractivity contribution in [1.29, 1.82) is 0 Å². The summed E-state index contributed by atoms with van der Waals surface area (Å²) < 4.78 is 0. The van der Waals surface area contributed by atoms with Gasteiger partial charge in [0, 0.05) is 10.6 Å². The lowest BCUT2D eigenvalue weighted by molar-refractivity contribution is 0.0696. The van der Waals surface area contributed by atoms with Crippen LogP contribution < -0.4 is 0 Å². The Morgan fingerprint density at radius 3 is 2.79 bits per heavy atom. The minimum absolute atomic E-state index is 0.259. The number of hydrogen-bond donors (Lipinski definition) is 1. The van der Waals surface area contributed by atoms with E-state index in [1.54, 1.807) is 30.3 Å². The first-order valence-electron chi connectivity index (χ1n) is 5.33. The molecule has 0 unspecified atom stereocenters. The van der Waals surface area contributed by atoms with Crippen molar-refractivity contribution in [3.63, 3.8) is 0 Å². The maximum atomic E-state index is 10.9. The number of halogens is 2. The lowest BCUT2D eigenvalue weighted by Crippen LogP contribution is -1.95. The van der Waals surface area contributed by atoms with Gasteiger partial charge in [-0.3, -0.25) is 0 Å². The van der Waals surface area contributed by atoms with Crippen molar-refractivity contribution in [2.45, 2.75) is 10.6 Å². The second-order valence-electron chi connectivity index (χ2n) is 3.68. The van der Waals surface area contributed by atoms with Crippen LogP contribution in [0.3, 0.4) is 0 Å². The fraction of sp³-hybridized carbons (Fsp3) is 0.0769. The number of aromatic nitrogens is 1. The predicted molar refractivity (Wildman–Crippen MR) is 77.2 cm³/mol. The Morgan fingerprint density at radius 1 is 1.26 bits per heavy atom. The zero-order valence-electron chi connectivity index (χ0n) is 9.64. The zero-order valence-corrected chi connectivity index (χ0v) is 12.0. The van der Waals surface area contributed by atoms with Gasteiger partial charge in [0.25, 0.3) is 0 Å². The lowest BCUT2D eigenvalue weighted by Gasteiger charge is -2.05. The molecule has 0 aliphatic heterocycles. The molecule has 0 spiro atoms. The topological polar surface area (TPSA) is 50.2 Å². The van der Waals surface area contributed by atoms with Gasteiger partial charge in [0.05, 0.1) is 16.3 Å². The summed E-state index contributed by atoms with van der Waals surface area (Å²) in [5, 5.41) is 9.85. The monoisotopic (exact) mass is 313 g/mol. The minimum Gasteiger partial charge on any atom is -0.478 e. The molecule has 1 aromatic heterocycles. The Labute approximate surface area is 124 Å². The number of carboxylic acids is 1. The molecule has 6 heteroatoms. The second kappa shape index (κ2) is 6.28. The molecular formula is C13H9Cl2NO2S. The quantitative estimate of drug-likeness (QED) is 0.672. The molecule has 0 radical (unpaired) electrons. The molecular weight excluding hydrogens is 305 g/mol. The van der Waals surface area contributed by atoms with E-state index in [1.807, 2.05) is 6.07 Å². The summed E-state index contributed by atoms with van der Waals surface area (Å²) in [6.07, 6.45) is 0. The Balaban J connectivity index is 2.12. The highest BCUT2D eigenvalue weighted by Crippen LogP contribution is 2.27. The molecule has 1 N–H and O–H groups in total. The van der Waals surface area contributed by atoms with Gasteiger partial charge >= 0.3 is 5.97 Å². The van der Waals surface area contributed by atoms with Gasteiger partial charge in [0.1, 0.15) is 5.15 Å². The number of carbonyl (C=O) groups is 1. The van der Waals surface area contributed by atoms with Crippen LogP contribution in [-0.2, 0) is 5.75 Å². The van der Waals surface area contributed by atoms with Crippen molar-refractivity contribution in [3.8, 4) is 0 Å². The molecule has 98 valence electrons. The Bertz CT molecular complexity index is 619. The van der Waals surface area contributed by atoms with E-state index in [2.05, 4.69) is 4.98 Å². The molecule has 1 aromatic carbocycles. The fourth-order valence-corrected chi connectivity index (χ4v) is 2.75. The van der Waals surface area contributed by atoms with E-state index in [4.69, 9.17) is 28.3 Å². The molecule has 2 rings (SSSR count). The van der Waals surface area contributed by atoms with Crippen molar-refractivity contribution in [2.24, 2.45) is 0 Å². The van der Waals surface area contributed by atoms with E-state index in [1.165, 1.54) is 11.8 Å². The number of hydrogen-bond acceptors (Lipinski definition) is 3. The van der Waals surface area contributed by atoms with Crippen molar-refractivity contribution in [2.75, 3.05) is 0 Å². The summed E-state index contributed by atoms with van der Waals surface area (Å²) in [5.41, 5.74) is 0.940. The SMILES string of the molecule is O=C(O)c1cccc(SCc2nc(Cl)ccc2Cl)c1. The zero-order chi connectivity index (χ0) is 13.8. The fourth-order valence-electron chi connectivity index (χ4n) is 1.43. The van der Waals surface area contributed by atoms with Crippen LogP contribution in [0.1, 0.15) is 16.1 Å². The molecule has 3 nitrogen and oxygen atoms in total. The third-order valence-corrected chi connectivity index (χ3v) is 3.90. The van der Waals surface area contributed by atoms with Gasteiger partial charge in [0.2, 0.25) is 0 Å². The van der Waals surface area contributed by atoms with Crippen molar-refractivity contribution in [1.82, 2.24) is 4.98 Å². The van der Waals surface area contributed by atoms with Crippen LogP contribution in [0.5, 0.6) is 0 Å². The van der Waals surface area contributed by atoms with E-state index in [0.29, 0.717) is 21.6 Å². The molecule has 0 saturated carbocycles. The number of rotatable bonds is 4. The van der Waals surface area contributed by atoms with Gasteiger partial charge in [-0.15, -0.1) is 11.8 Å². The van der Waals surface area contributed by atoms with Crippen LogP contribution >= 0.6 is 35.0 Å². The van der Waals surface area contributed by atoms with Crippen LogP contribution in [-0.4, -0.2) is 16.1 Å². The standard InChI is InChI=1S/C13H9Cl2NO2S/c14-10-4-5-12(15)16-11(10)7-19-9-3-1-2-8(6-9)13(17)18/h1-6H,7H2,(H,17,18). The number of benzene rings is 1. The van der Waals surface area contributed by atoms with Crippen LogP contribution in [0.4, 0.5) is 0 Å². The largest absolute Gasteiger partial charge is 0.478 e. The van der Waals surface area contributed by atoms with Gasteiger partial charge in [-0.05, 0) is 30.3 Å². The Morgan fingerprint density at radius 2 is 2.05 bits per heavy atom. The number of carboxylic acid groups (broad SMARTS) is 1. The van der Waals surface area contributed by atoms with Crippen LogP contribution in [0.2, 0.25) is 10.2 Å². The Hall–Kier alpha value is -1.23. The van der Waals surface area contributed by atoms with Gasteiger partial charge in [0.15, 0.2) is 0 Å². The van der Waals surface area contributed by atoms with Gasteiger partial charge in [-0.2, -0.15) is 0 Å². The van der Waals surface area contributed by atoms with E-state index in [9.17, 15) is 4.79 Å². The number of thioether (sulfide) groups is 1. The number of nitrogens with zero attached hydrogens (tertiary/aromatic N) is 1. The summed E-state index contributed by atoms with van der Waals surface area (Å²) in [6.45, 7) is 0. The highest BCUT2D eigenvalue weighted by molar-refractivity contribution is 7.98. The first-order chi connectivity index (χ1) is 9.06. The first kappa shape index (κ1) is 14.2. The van der Waals surface area contributed by atoms with Crippen LogP contribution in [0.15, 0.2) is 41.3 Å². The third-order valence-electron chi connectivity index (χ3n) is 2.34. The van der Waals surface area contributed by atoms with E-state index >= 15 is 0 Å². The van der Waals surface area contributed by atoms with E-state index in [-0.39, 0.29) is 5.56 Å². The van der Waals surface area contributed by atoms with Gasteiger partial charge in [-0.1, -0.05) is 29.3 Å². The number of aromatic carboxylic acids is 1. The summed E-state index contributed by atoms with van der Waals surface area (Å²) >= 11 is 13.3. The molecule has 1 heterocycles. The average Bonchev–Trinajstić information content (AvgIpc) is 2.40. The molecule has 0 bridgehead atoms. The average molecular weight is 314 g/mol. The van der Waals surface area contributed by atoms with Gasteiger partial charge < -0.3 is 5.11 Å². The maximum Gasteiger partial charge on any atom is 0.335 e.